The largest absolute Gasteiger partial charge is 0.479 e. The number of carbonyl (C=O) groups is 1. The van der Waals surface area contributed by atoms with Gasteiger partial charge >= 0.3 is 12.1 Å². The van der Waals surface area contributed by atoms with Crippen molar-refractivity contribution in [2.24, 2.45) is 0 Å². The monoisotopic (exact) mass is 404 g/mol. The number of nitrogens with zero attached hydrogens (tertiary/aromatic N) is 1. The van der Waals surface area contributed by atoms with Crippen LogP contribution in [-0.2, 0) is 4.79 Å². The highest BCUT2D eigenvalue weighted by Crippen LogP contribution is 2.36. The third-order valence-corrected chi connectivity index (χ3v) is 3.21. The number of hydrogen-bond acceptors (Lipinski definition) is 4. The molecule has 0 aromatic heterocycles. The van der Waals surface area contributed by atoms with Gasteiger partial charge in [-0.1, -0.05) is 0 Å². The van der Waals surface area contributed by atoms with Crippen LogP contribution in [0.4, 0.5) is 24.5 Å². The van der Waals surface area contributed by atoms with Crippen molar-refractivity contribution in [3.8, 4) is 0 Å². The fourth-order valence-corrected chi connectivity index (χ4v) is 1.75. The minimum absolute atomic E-state index is 0.400. The number of benzene rings is 1. The number of nitrogens with one attached hydrogen (secondary N) is 1. The number of halogens is 4. The summed E-state index contributed by atoms with van der Waals surface area (Å²) in [5.41, 5.74) is -4.48. The second-order valence-electron chi connectivity index (χ2n) is 3.97. The van der Waals surface area contributed by atoms with Crippen molar-refractivity contribution in [2.75, 3.05) is 5.32 Å². The molecule has 0 spiro atoms. The summed E-state index contributed by atoms with van der Waals surface area (Å²) in [6.45, 7) is 0.400. The van der Waals surface area contributed by atoms with Gasteiger partial charge in [-0.05, 0) is 41.6 Å². The fraction of sp³-hybridized carbons (Fsp3) is 0.300. The summed E-state index contributed by atoms with van der Waals surface area (Å²) in [7, 11) is 0. The van der Waals surface area contributed by atoms with E-state index < -0.39 is 34.0 Å². The predicted molar refractivity (Wildman–Crippen MR) is 71.5 cm³/mol. The van der Waals surface area contributed by atoms with Crippen molar-refractivity contribution in [3.05, 3.63) is 31.9 Å². The van der Waals surface area contributed by atoms with E-state index in [-0.39, 0.29) is 0 Å². The van der Waals surface area contributed by atoms with Crippen molar-refractivity contribution in [3.63, 3.8) is 0 Å². The summed E-state index contributed by atoms with van der Waals surface area (Å²) >= 11 is 1.75. The van der Waals surface area contributed by atoms with Gasteiger partial charge in [0.05, 0.1) is 4.92 Å². The van der Waals surface area contributed by atoms with Crippen LogP contribution < -0.4 is 5.32 Å². The molecule has 0 aliphatic heterocycles. The molecule has 10 heteroatoms. The Hall–Kier alpha value is -1.59. The molecule has 6 nitrogen and oxygen atoms in total. The van der Waals surface area contributed by atoms with Gasteiger partial charge in [0.1, 0.15) is 5.69 Å². The van der Waals surface area contributed by atoms with Crippen molar-refractivity contribution < 1.29 is 28.0 Å². The van der Waals surface area contributed by atoms with Crippen LogP contribution in [0.5, 0.6) is 0 Å². The molecule has 0 bridgehead atoms. The van der Waals surface area contributed by atoms with Crippen molar-refractivity contribution in [1.29, 1.82) is 0 Å². The number of carboxylic acid groups (broad SMARTS) is 1. The van der Waals surface area contributed by atoms with E-state index in [1.54, 1.807) is 27.9 Å². The van der Waals surface area contributed by atoms with E-state index in [1.807, 2.05) is 0 Å². The number of anilines is 1. The minimum atomic E-state index is -5.13. The van der Waals surface area contributed by atoms with Gasteiger partial charge in [0.15, 0.2) is 0 Å². The van der Waals surface area contributed by atoms with Crippen molar-refractivity contribution >= 4 is 39.9 Å². The Morgan fingerprint density at radius 2 is 2.00 bits per heavy atom. The van der Waals surface area contributed by atoms with E-state index in [2.05, 4.69) is 0 Å². The molecule has 0 radical (unpaired) electrons. The molecule has 0 fully saturated rings. The van der Waals surface area contributed by atoms with Crippen molar-refractivity contribution in [2.45, 2.75) is 18.6 Å². The van der Waals surface area contributed by atoms with Gasteiger partial charge in [0.25, 0.3) is 5.69 Å². The first-order valence-corrected chi connectivity index (χ1v) is 6.09. The molecule has 1 rings (SSSR count). The van der Waals surface area contributed by atoms with Gasteiger partial charge in [-0.2, -0.15) is 13.2 Å². The third-order valence-electron chi connectivity index (χ3n) is 2.54. The highest BCUT2D eigenvalue weighted by Gasteiger charge is 2.58. The summed E-state index contributed by atoms with van der Waals surface area (Å²) in [5, 5.41) is 21.3. The van der Waals surface area contributed by atoms with Gasteiger partial charge in [-0.3, -0.25) is 10.1 Å². The zero-order chi connectivity index (χ0) is 15.7. The number of rotatable bonds is 4. The van der Waals surface area contributed by atoms with Gasteiger partial charge in [0.2, 0.25) is 5.54 Å². The molecule has 0 amide bonds. The average Bonchev–Trinajstić information content (AvgIpc) is 2.29. The molecule has 1 aromatic rings. The molecule has 0 heterocycles. The first-order chi connectivity index (χ1) is 8.99. The lowest BCUT2D eigenvalue weighted by Gasteiger charge is -2.29. The van der Waals surface area contributed by atoms with E-state index >= 15 is 0 Å². The topological polar surface area (TPSA) is 92.5 Å². The van der Waals surface area contributed by atoms with Crippen LogP contribution in [0.15, 0.2) is 18.2 Å². The number of hydrogen-bond donors (Lipinski definition) is 2. The molecule has 110 valence electrons. The molecule has 2 N–H and O–H groups in total. The summed E-state index contributed by atoms with van der Waals surface area (Å²) in [4.78, 5) is 20.8. The van der Waals surface area contributed by atoms with E-state index in [4.69, 9.17) is 5.11 Å². The molecule has 0 saturated carbocycles. The Balaban J connectivity index is 3.33. The van der Waals surface area contributed by atoms with Gasteiger partial charge < -0.3 is 10.4 Å². The summed E-state index contributed by atoms with van der Waals surface area (Å²) in [6, 6.07) is 3.41. The number of alkyl halides is 3. The summed E-state index contributed by atoms with van der Waals surface area (Å²) in [5.74, 6) is -2.18. The average molecular weight is 404 g/mol. The summed E-state index contributed by atoms with van der Waals surface area (Å²) in [6.07, 6.45) is -5.13. The standard InChI is InChI=1S/C10H8F3IN2O4/c1-9(8(17)18,10(11,12)13)15-6-3-2-5(14)4-7(6)16(19)20/h2-4,15H,1H3,(H,17,18). The summed E-state index contributed by atoms with van der Waals surface area (Å²) < 4.78 is 38.9. The smallest absolute Gasteiger partial charge is 0.422 e. The number of carboxylic acids is 1. The Morgan fingerprint density at radius 3 is 2.40 bits per heavy atom. The maximum Gasteiger partial charge on any atom is 0.422 e. The van der Waals surface area contributed by atoms with Crippen LogP contribution >= 0.6 is 22.6 Å². The molecule has 1 aromatic carbocycles. The zero-order valence-corrected chi connectivity index (χ0v) is 12.0. The van der Waals surface area contributed by atoms with E-state index in [0.717, 1.165) is 12.1 Å². The number of nitro benzene ring substituents is 1. The lowest BCUT2D eigenvalue weighted by Crippen LogP contribution is -2.55. The first-order valence-electron chi connectivity index (χ1n) is 5.01. The maximum absolute atomic E-state index is 12.8. The van der Waals surface area contributed by atoms with Gasteiger partial charge in [0, 0.05) is 9.64 Å². The fourth-order valence-electron chi connectivity index (χ4n) is 1.28. The molecule has 0 aliphatic rings. The van der Waals surface area contributed by atoms with Gasteiger partial charge in [-0.25, -0.2) is 4.79 Å². The van der Waals surface area contributed by atoms with E-state index in [9.17, 15) is 28.1 Å². The molecule has 1 atom stereocenters. The first kappa shape index (κ1) is 16.5. The molecule has 20 heavy (non-hydrogen) atoms. The van der Waals surface area contributed by atoms with E-state index in [1.165, 1.54) is 6.07 Å². The maximum atomic E-state index is 12.8. The van der Waals surface area contributed by atoms with Crippen LogP contribution in [-0.4, -0.2) is 27.7 Å². The van der Waals surface area contributed by atoms with Crippen LogP contribution in [0.2, 0.25) is 0 Å². The quantitative estimate of drug-likeness (QED) is 0.458. The molecule has 0 saturated heterocycles. The van der Waals surface area contributed by atoms with Crippen LogP contribution in [0.3, 0.4) is 0 Å². The highest BCUT2D eigenvalue weighted by atomic mass is 127. The van der Waals surface area contributed by atoms with Gasteiger partial charge in [-0.15, -0.1) is 0 Å². The SMILES string of the molecule is CC(Nc1ccc(I)cc1[N+](=O)[O-])(C(=O)O)C(F)(F)F. The second kappa shape index (κ2) is 5.42. The third kappa shape index (κ3) is 3.11. The normalized spacial score (nSPS) is 14.4. The predicted octanol–water partition coefficient (Wildman–Crippen LogP) is 3.02. The Kier molecular flexibility index (Phi) is 4.46. The Bertz CT molecular complexity index is 564. The van der Waals surface area contributed by atoms with Crippen LogP contribution in [0.1, 0.15) is 6.92 Å². The zero-order valence-electron chi connectivity index (χ0n) is 9.86. The Morgan fingerprint density at radius 1 is 1.45 bits per heavy atom. The number of aliphatic carboxylic acids is 1. The van der Waals surface area contributed by atoms with Crippen molar-refractivity contribution in [1.82, 2.24) is 0 Å². The second-order valence-corrected chi connectivity index (χ2v) is 5.22. The molecular formula is C10H8F3IN2O4. The molecular weight excluding hydrogens is 396 g/mol. The minimum Gasteiger partial charge on any atom is -0.479 e. The lowest BCUT2D eigenvalue weighted by atomic mass is 10.0. The number of nitro groups is 1. The Labute approximate surface area is 124 Å². The molecule has 0 aliphatic carbocycles. The lowest BCUT2D eigenvalue weighted by molar-refractivity contribution is -0.384. The molecule has 1 unspecified atom stereocenters. The van der Waals surface area contributed by atoms with Crippen LogP contribution in [0.25, 0.3) is 0 Å². The highest BCUT2D eigenvalue weighted by molar-refractivity contribution is 14.1. The van der Waals surface area contributed by atoms with E-state index in [0.29, 0.717) is 10.5 Å². The van der Waals surface area contributed by atoms with Crippen LogP contribution in [0, 0.1) is 13.7 Å².